The number of esters is 1. The summed E-state index contributed by atoms with van der Waals surface area (Å²) in [4.78, 5) is 29.2. The number of piperidine rings is 1. The van der Waals surface area contributed by atoms with Crippen LogP contribution in [0.5, 0.6) is 0 Å². The lowest BCUT2D eigenvalue weighted by molar-refractivity contribution is -0.148. The summed E-state index contributed by atoms with van der Waals surface area (Å²) < 4.78 is 5.12. The molecular formula is C24H38ClN3O3. The van der Waals surface area contributed by atoms with E-state index in [1.54, 1.807) is 0 Å². The minimum atomic E-state index is -0.175. The van der Waals surface area contributed by atoms with Gasteiger partial charge in [-0.3, -0.25) is 14.5 Å². The molecule has 1 unspecified atom stereocenters. The van der Waals surface area contributed by atoms with Crippen LogP contribution in [0.4, 0.5) is 0 Å². The molecule has 1 aromatic carbocycles. The molecule has 2 rings (SSSR count). The molecule has 0 aromatic heterocycles. The third kappa shape index (κ3) is 8.43. The van der Waals surface area contributed by atoms with Crippen molar-refractivity contribution in [3.8, 4) is 0 Å². The highest BCUT2D eigenvalue weighted by Gasteiger charge is 2.35. The van der Waals surface area contributed by atoms with Crippen molar-refractivity contribution in [2.24, 2.45) is 5.92 Å². The Morgan fingerprint density at radius 1 is 1.19 bits per heavy atom. The summed E-state index contributed by atoms with van der Waals surface area (Å²) in [6.07, 6.45) is 3.87. The Balaban J connectivity index is 1.88. The molecular weight excluding hydrogens is 414 g/mol. The monoisotopic (exact) mass is 451 g/mol. The first-order valence-electron chi connectivity index (χ1n) is 11.5. The number of hydrogen-bond acceptors (Lipinski definition) is 5. The Morgan fingerprint density at radius 3 is 2.58 bits per heavy atom. The summed E-state index contributed by atoms with van der Waals surface area (Å²) in [5.41, 5.74) is 1.15. The van der Waals surface area contributed by atoms with Gasteiger partial charge in [0.15, 0.2) is 0 Å². The number of carbonyl (C=O) groups excluding carboxylic acids is 2. The molecule has 7 heteroatoms. The molecule has 1 amide bonds. The SMILES string of the molecule is CCCNC(=O)CN(CCC)CCCN1CCC(c2ccc(Cl)cc2)[C@H](C(=O)OC)C1. The number of nitrogens with zero attached hydrogens (tertiary/aromatic N) is 2. The predicted octanol–water partition coefficient (Wildman–Crippen LogP) is 3.55. The van der Waals surface area contributed by atoms with Crippen LogP contribution in [0.2, 0.25) is 5.02 Å². The zero-order valence-electron chi connectivity index (χ0n) is 19.2. The van der Waals surface area contributed by atoms with Crippen molar-refractivity contribution in [1.82, 2.24) is 15.1 Å². The van der Waals surface area contributed by atoms with Crippen LogP contribution in [0, 0.1) is 5.92 Å². The van der Waals surface area contributed by atoms with Crippen LogP contribution in [0.3, 0.4) is 0 Å². The van der Waals surface area contributed by atoms with Gasteiger partial charge in [0, 0.05) is 18.1 Å². The Bertz CT molecular complexity index is 683. The van der Waals surface area contributed by atoms with E-state index < -0.39 is 0 Å². The van der Waals surface area contributed by atoms with Crippen molar-refractivity contribution in [3.05, 3.63) is 34.9 Å². The van der Waals surface area contributed by atoms with E-state index in [2.05, 4.69) is 29.0 Å². The van der Waals surface area contributed by atoms with Gasteiger partial charge in [0.25, 0.3) is 0 Å². The molecule has 0 bridgehead atoms. The van der Waals surface area contributed by atoms with E-state index in [-0.39, 0.29) is 23.7 Å². The van der Waals surface area contributed by atoms with Crippen molar-refractivity contribution in [1.29, 1.82) is 0 Å². The quantitative estimate of drug-likeness (QED) is 0.492. The van der Waals surface area contributed by atoms with Gasteiger partial charge in [0.2, 0.25) is 5.91 Å². The number of methoxy groups -OCH3 is 1. The Kier molecular flexibility index (Phi) is 11.3. The molecule has 2 atom stereocenters. The third-order valence-corrected chi connectivity index (χ3v) is 6.18. The first kappa shape index (κ1) is 25.6. The van der Waals surface area contributed by atoms with E-state index in [1.807, 2.05) is 24.3 Å². The summed E-state index contributed by atoms with van der Waals surface area (Å²) in [6.45, 7) is 9.75. The number of nitrogens with one attached hydrogen (secondary N) is 1. The highest BCUT2D eigenvalue weighted by molar-refractivity contribution is 6.30. The fraction of sp³-hybridized carbons (Fsp3) is 0.667. The smallest absolute Gasteiger partial charge is 0.310 e. The van der Waals surface area contributed by atoms with Crippen molar-refractivity contribution in [2.75, 3.05) is 52.9 Å². The molecule has 1 aromatic rings. The molecule has 0 saturated carbocycles. The van der Waals surface area contributed by atoms with E-state index in [1.165, 1.54) is 7.11 Å². The topological polar surface area (TPSA) is 61.9 Å². The lowest BCUT2D eigenvalue weighted by Crippen LogP contribution is -2.44. The molecule has 0 spiro atoms. The zero-order chi connectivity index (χ0) is 22.6. The number of carbonyl (C=O) groups is 2. The average Bonchev–Trinajstić information content (AvgIpc) is 2.77. The molecule has 31 heavy (non-hydrogen) atoms. The van der Waals surface area contributed by atoms with E-state index >= 15 is 0 Å². The molecule has 1 N–H and O–H groups in total. The molecule has 1 heterocycles. The molecule has 174 valence electrons. The van der Waals surface area contributed by atoms with Crippen LogP contribution in [-0.2, 0) is 14.3 Å². The van der Waals surface area contributed by atoms with Gasteiger partial charge in [-0.05, 0) is 75.5 Å². The second-order valence-electron chi connectivity index (χ2n) is 8.36. The molecule has 1 aliphatic heterocycles. The van der Waals surface area contributed by atoms with Gasteiger partial charge in [0.1, 0.15) is 0 Å². The minimum absolute atomic E-state index is 0.102. The van der Waals surface area contributed by atoms with E-state index in [9.17, 15) is 9.59 Å². The van der Waals surface area contributed by atoms with Crippen molar-refractivity contribution >= 4 is 23.5 Å². The lowest BCUT2D eigenvalue weighted by atomic mass is 9.80. The van der Waals surface area contributed by atoms with Crippen molar-refractivity contribution < 1.29 is 14.3 Å². The second kappa shape index (κ2) is 13.7. The van der Waals surface area contributed by atoms with Crippen molar-refractivity contribution in [2.45, 2.75) is 45.4 Å². The predicted molar refractivity (Wildman–Crippen MR) is 125 cm³/mol. The third-order valence-electron chi connectivity index (χ3n) is 5.93. The van der Waals surface area contributed by atoms with Crippen LogP contribution in [-0.4, -0.2) is 74.6 Å². The lowest BCUT2D eigenvalue weighted by Gasteiger charge is -2.37. The van der Waals surface area contributed by atoms with E-state index in [0.29, 0.717) is 18.1 Å². The number of benzene rings is 1. The second-order valence-corrected chi connectivity index (χ2v) is 8.79. The maximum absolute atomic E-state index is 12.5. The maximum atomic E-state index is 12.5. The van der Waals surface area contributed by atoms with Crippen LogP contribution in [0.1, 0.15) is 51.0 Å². The summed E-state index contributed by atoms with van der Waals surface area (Å²) in [6, 6.07) is 7.81. The van der Waals surface area contributed by atoms with Crippen LogP contribution in [0.15, 0.2) is 24.3 Å². The van der Waals surface area contributed by atoms with Gasteiger partial charge in [-0.2, -0.15) is 0 Å². The molecule has 6 nitrogen and oxygen atoms in total. The number of amides is 1. The minimum Gasteiger partial charge on any atom is -0.469 e. The average molecular weight is 452 g/mol. The summed E-state index contributed by atoms with van der Waals surface area (Å²) in [7, 11) is 1.46. The van der Waals surface area contributed by atoms with Gasteiger partial charge >= 0.3 is 5.97 Å². The van der Waals surface area contributed by atoms with Crippen LogP contribution < -0.4 is 5.32 Å². The summed E-state index contributed by atoms with van der Waals surface area (Å²) in [5.74, 6) is -0.0685. The summed E-state index contributed by atoms with van der Waals surface area (Å²) in [5, 5.41) is 3.66. The molecule has 0 radical (unpaired) electrons. The van der Waals surface area contributed by atoms with Crippen molar-refractivity contribution in [3.63, 3.8) is 0 Å². The number of ether oxygens (including phenoxy) is 1. The number of hydrogen-bond donors (Lipinski definition) is 1. The normalized spacial score (nSPS) is 19.4. The molecule has 0 aliphatic carbocycles. The highest BCUT2D eigenvalue weighted by atomic mass is 35.5. The standard InChI is InChI=1S/C24H38ClN3O3/c1-4-12-26-23(29)18-27(13-5-2)14-6-15-28-16-11-21(22(17-28)24(30)31-3)19-7-9-20(25)10-8-19/h7-10,21-22H,4-6,11-18H2,1-3H3,(H,26,29)/t21?,22-/m1/s1. The van der Waals surface area contributed by atoms with Gasteiger partial charge in [-0.1, -0.05) is 37.6 Å². The Labute approximate surface area is 192 Å². The largest absolute Gasteiger partial charge is 0.469 e. The number of rotatable bonds is 12. The Morgan fingerprint density at radius 2 is 1.94 bits per heavy atom. The first-order chi connectivity index (χ1) is 15.0. The van der Waals surface area contributed by atoms with Gasteiger partial charge < -0.3 is 15.0 Å². The number of likely N-dealkylation sites (tertiary alicyclic amines) is 1. The molecule has 1 fully saturated rings. The maximum Gasteiger partial charge on any atom is 0.310 e. The first-order valence-corrected chi connectivity index (χ1v) is 11.9. The van der Waals surface area contributed by atoms with Gasteiger partial charge in [-0.15, -0.1) is 0 Å². The summed E-state index contributed by atoms with van der Waals surface area (Å²) >= 11 is 6.03. The van der Waals surface area contributed by atoms with Crippen LogP contribution in [0.25, 0.3) is 0 Å². The fourth-order valence-electron chi connectivity index (χ4n) is 4.35. The Hall–Kier alpha value is -1.63. The van der Waals surface area contributed by atoms with Crippen LogP contribution >= 0.6 is 11.6 Å². The highest BCUT2D eigenvalue weighted by Crippen LogP contribution is 2.34. The van der Waals surface area contributed by atoms with E-state index in [4.69, 9.17) is 16.3 Å². The molecule has 1 saturated heterocycles. The number of halogens is 1. The van der Waals surface area contributed by atoms with E-state index in [0.717, 1.165) is 64.0 Å². The zero-order valence-corrected chi connectivity index (χ0v) is 20.0. The molecule has 1 aliphatic rings. The van der Waals surface area contributed by atoms with Gasteiger partial charge in [-0.25, -0.2) is 0 Å². The van der Waals surface area contributed by atoms with Gasteiger partial charge in [0.05, 0.1) is 19.6 Å². The fourth-order valence-corrected chi connectivity index (χ4v) is 4.48.